The van der Waals surface area contributed by atoms with Crippen LogP contribution in [0.15, 0.2) is 30.6 Å². The Morgan fingerprint density at radius 1 is 1.04 bits per heavy atom. The van der Waals surface area contributed by atoms with Crippen molar-refractivity contribution in [3.05, 3.63) is 42.0 Å². The molecule has 0 aliphatic heterocycles. The third kappa shape index (κ3) is 4.59. The molecule has 1 amide bonds. The molecular formula is C18H23FN6O. The summed E-state index contributed by atoms with van der Waals surface area (Å²) in [7, 11) is 0. The number of carbonyl (C=O) groups excluding carboxylic acids is 1. The van der Waals surface area contributed by atoms with Gasteiger partial charge in [-0.25, -0.2) is 14.4 Å². The molecule has 1 aromatic heterocycles. The number of aromatic nitrogens is 2. The summed E-state index contributed by atoms with van der Waals surface area (Å²) in [4.78, 5) is 20.4. The van der Waals surface area contributed by atoms with E-state index in [0.29, 0.717) is 28.9 Å². The summed E-state index contributed by atoms with van der Waals surface area (Å²) in [5.41, 5.74) is 12.0. The highest BCUT2D eigenvalue weighted by molar-refractivity contribution is 5.95. The van der Waals surface area contributed by atoms with Gasteiger partial charge in [-0.3, -0.25) is 15.6 Å². The summed E-state index contributed by atoms with van der Waals surface area (Å²) in [6.07, 6.45) is 8.49. The molecule has 8 heteroatoms. The van der Waals surface area contributed by atoms with Gasteiger partial charge in [-0.15, -0.1) is 0 Å². The summed E-state index contributed by atoms with van der Waals surface area (Å²) in [6.45, 7) is 0. The molecular weight excluding hydrogens is 335 g/mol. The van der Waals surface area contributed by atoms with Gasteiger partial charge in [0.2, 0.25) is 0 Å². The van der Waals surface area contributed by atoms with E-state index in [1.807, 2.05) is 0 Å². The number of nitrogens with one attached hydrogen (secondary N) is 3. The fourth-order valence-corrected chi connectivity index (χ4v) is 3.02. The van der Waals surface area contributed by atoms with Crippen molar-refractivity contribution in [2.75, 3.05) is 16.5 Å². The maximum absolute atomic E-state index is 12.9. The standard InChI is InChI=1S/C18H23FN6O/c19-13-9-7-12(8-10-13)18(26)25-24-17-15(20)16(21-11-22-17)23-14-5-3-1-2-4-6-14/h7-11,14H,1-6,20H2,(H,25,26)(H2,21,22,23,24). The number of rotatable bonds is 5. The number of nitrogen functional groups attached to an aromatic ring is 1. The Bertz CT molecular complexity index is 744. The van der Waals surface area contributed by atoms with Crippen LogP contribution in [0.4, 0.5) is 21.7 Å². The molecule has 1 aliphatic rings. The van der Waals surface area contributed by atoms with Gasteiger partial charge < -0.3 is 11.1 Å². The van der Waals surface area contributed by atoms with E-state index in [9.17, 15) is 9.18 Å². The van der Waals surface area contributed by atoms with Crippen molar-refractivity contribution in [2.45, 2.75) is 44.6 Å². The number of hydrogen-bond donors (Lipinski definition) is 4. The van der Waals surface area contributed by atoms with Crippen molar-refractivity contribution < 1.29 is 9.18 Å². The number of hydrazine groups is 1. The first kappa shape index (κ1) is 17.9. The van der Waals surface area contributed by atoms with Crippen LogP contribution in [-0.2, 0) is 0 Å². The summed E-state index contributed by atoms with van der Waals surface area (Å²) < 4.78 is 12.9. The van der Waals surface area contributed by atoms with E-state index < -0.39 is 11.7 Å². The Morgan fingerprint density at radius 2 is 1.69 bits per heavy atom. The molecule has 1 heterocycles. The van der Waals surface area contributed by atoms with Gasteiger partial charge in [0.15, 0.2) is 11.6 Å². The lowest BCUT2D eigenvalue weighted by atomic mass is 10.1. The zero-order valence-electron chi connectivity index (χ0n) is 14.5. The van der Waals surface area contributed by atoms with Crippen LogP contribution in [0.5, 0.6) is 0 Å². The number of hydrogen-bond acceptors (Lipinski definition) is 6. The van der Waals surface area contributed by atoms with Gasteiger partial charge in [0, 0.05) is 11.6 Å². The number of anilines is 3. The van der Waals surface area contributed by atoms with Crippen LogP contribution >= 0.6 is 0 Å². The third-order valence-corrected chi connectivity index (χ3v) is 4.48. The van der Waals surface area contributed by atoms with Crippen molar-refractivity contribution in [1.29, 1.82) is 0 Å². The van der Waals surface area contributed by atoms with E-state index in [1.54, 1.807) is 0 Å². The quantitative estimate of drug-likeness (QED) is 0.484. The molecule has 0 spiro atoms. The van der Waals surface area contributed by atoms with Crippen LogP contribution < -0.4 is 21.9 Å². The molecule has 0 bridgehead atoms. The lowest BCUT2D eigenvalue weighted by molar-refractivity contribution is 0.0962. The summed E-state index contributed by atoms with van der Waals surface area (Å²) >= 11 is 0. The minimum atomic E-state index is -0.415. The molecule has 2 aromatic rings. The molecule has 7 nitrogen and oxygen atoms in total. The van der Waals surface area contributed by atoms with Crippen molar-refractivity contribution >= 4 is 23.2 Å². The molecule has 26 heavy (non-hydrogen) atoms. The van der Waals surface area contributed by atoms with E-state index in [-0.39, 0.29) is 0 Å². The fraction of sp³-hybridized carbons (Fsp3) is 0.389. The number of nitrogens with two attached hydrogens (primary N) is 1. The first-order valence-corrected chi connectivity index (χ1v) is 8.82. The normalized spacial score (nSPS) is 15.1. The Balaban J connectivity index is 1.63. The average Bonchev–Trinajstić information content (AvgIpc) is 2.91. The van der Waals surface area contributed by atoms with E-state index >= 15 is 0 Å². The van der Waals surface area contributed by atoms with E-state index in [1.165, 1.54) is 56.3 Å². The number of nitrogens with zero attached hydrogens (tertiary/aromatic N) is 2. The van der Waals surface area contributed by atoms with E-state index in [2.05, 4.69) is 26.1 Å². The second-order valence-electron chi connectivity index (χ2n) is 6.40. The van der Waals surface area contributed by atoms with Gasteiger partial charge in [-0.1, -0.05) is 25.7 Å². The predicted molar refractivity (Wildman–Crippen MR) is 99.0 cm³/mol. The Kier molecular flexibility index (Phi) is 5.83. The van der Waals surface area contributed by atoms with E-state index in [0.717, 1.165) is 12.8 Å². The molecule has 0 radical (unpaired) electrons. The zero-order chi connectivity index (χ0) is 18.4. The largest absolute Gasteiger partial charge is 0.393 e. The Labute approximate surface area is 151 Å². The minimum Gasteiger partial charge on any atom is -0.393 e. The van der Waals surface area contributed by atoms with Crippen LogP contribution in [0.3, 0.4) is 0 Å². The lowest BCUT2D eigenvalue weighted by Crippen LogP contribution is -2.30. The highest BCUT2D eigenvalue weighted by atomic mass is 19.1. The summed E-state index contributed by atoms with van der Waals surface area (Å²) in [6, 6.07) is 5.59. The van der Waals surface area contributed by atoms with Gasteiger partial charge in [-0.2, -0.15) is 0 Å². The highest BCUT2D eigenvalue weighted by Gasteiger charge is 2.16. The lowest BCUT2D eigenvalue weighted by Gasteiger charge is -2.19. The van der Waals surface area contributed by atoms with Crippen LogP contribution in [0, 0.1) is 5.82 Å². The summed E-state index contributed by atoms with van der Waals surface area (Å²) in [5, 5.41) is 3.38. The number of halogens is 1. The molecule has 1 saturated carbocycles. The van der Waals surface area contributed by atoms with Crippen molar-refractivity contribution in [3.63, 3.8) is 0 Å². The molecule has 1 aliphatic carbocycles. The second kappa shape index (κ2) is 8.46. The fourth-order valence-electron chi connectivity index (χ4n) is 3.02. The number of carbonyl (C=O) groups is 1. The Hall–Kier alpha value is -2.90. The van der Waals surface area contributed by atoms with Gasteiger partial charge in [0.1, 0.15) is 17.8 Å². The topological polar surface area (TPSA) is 105 Å². The monoisotopic (exact) mass is 358 g/mol. The molecule has 1 aromatic carbocycles. The molecule has 5 N–H and O–H groups in total. The predicted octanol–water partition coefficient (Wildman–Crippen LogP) is 3.09. The van der Waals surface area contributed by atoms with Gasteiger partial charge in [0.25, 0.3) is 5.91 Å². The number of benzene rings is 1. The van der Waals surface area contributed by atoms with Gasteiger partial charge >= 0.3 is 0 Å². The van der Waals surface area contributed by atoms with Crippen molar-refractivity contribution in [1.82, 2.24) is 15.4 Å². The maximum Gasteiger partial charge on any atom is 0.269 e. The minimum absolute atomic E-state index is 0.312. The first-order valence-electron chi connectivity index (χ1n) is 8.82. The molecule has 3 rings (SSSR count). The smallest absolute Gasteiger partial charge is 0.269 e. The highest BCUT2D eigenvalue weighted by Crippen LogP contribution is 2.26. The molecule has 0 saturated heterocycles. The van der Waals surface area contributed by atoms with Crippen LogP contribution in [-0.4, -0.2) is 21.9 Å². The van der Waals surface area contributed by atoms with Crippen LogP contribution in [0.1, 0.15) is 48.9 Å². The van der Waals surface area contributed by atoms with Crippen LogP contribution in [0.2, 0.25) is 0 Å². The Morgan fingerprint density at radius 3 is 2.38 bits per heavy atom. The third-order valence-electron chi connectivity index (χ3n) is 4.48. The molecule has 0 unspecified atom stereocenters. The molecule has 1 fully saturated rings. The van der Waals surface area contributed by atoms with Crippen molar-refractivity contribution in [3.8, 4) is 0 Å². The first-order chi connectivity index (χ1) is 12.6. The molecule has 0 atom stereocenters. The number of amides is 1. The van der Waals surface area contributed by atoms with Crippen LogP contribution in [0.25, 0.3) is 0 Å². The second-order valence-corrected chi connectivity index (χ2v) is 6.40. The van der Waals surface area contributed by atoms with Crippen molar-refractivity contribution in [2.24, 2.45) is 0 Å². The maximum atomic E-state index is 12.9. The van der Waals surface area contributed by atoms with Gasteiger partial charge in [-0.05, 0) is 37.1 Å². The SMILES string of the molecule is Nc1c(NNC(=O)c2ccc(F)cc2)ncnc1NC1CCCCCC1. The van der Waals surface area contributed by atoms with Gasteiger partial charge in [0.05, 0.1) is 0 Å². The average molecular weight is 358 g/mol. The zero-order valence-corrected chi connectivity index (χ0v) is 14.5. The van der Waals surface area contributed by atoms with E-state index in [4.69, 9.17) is 5.73 Å². The molecule has 138 valence electrons. The summed E-state index contributed by atoms with van der Waals surface area (Å²) in [5.74, 6) is 0.0575.